The molecule has 0 radical (unpaired) electrons. The van der Waals surface area contributed by atoms with Gasteiger partial charge in [0.15, 0.2) is 0 Å². The molecule has 12 heavy (non-hydrogen) atoms. The zero-order chi connectivity index (χ0) is 9.19. The molecule has 3 N–H and O–H groups in total. The second-order valence-electron chi connectivity index (χ2n) is 3.29. The molecule has 1 atom stereocenters. The summed E-state index contributed by atoms with van der Waals surface area (Å²) in [5, 5.41) is 9.50. The van der Waals surface area contributed by atoms with Gasteiger partial charge in [-0.3, -0.25) is 0 Å². The Kier molecular flexibility index (Phi) is 2.38. The van der Waals surface area contributed by atoms with Crippen LogP contribution in [0.1, 0.15) is 25.8 Å². The molecule has 0 amide bonds. The maximum absolute atomic E-state index is 9.50. The monoisotopic (exact) mass is 165 g/mol. The number of benzene rings is 1. The summed E-state index contributed by atoms with van der Waals surface area (Å²) in [5.74, 6) is 0.282. The molecular formula is C10H15NO. The summed E-state index contributed by atoms with van der Waals surface area (Å²) in [6, 6.07) is 7.20. The fraction of sp³-hybridized carbons (Fsp3) is 0.400. The van der Waals surface area contributed by atoms with Gasteiger partial charge in [-0.25, -0.2) is 0 Å². The van der Waals surface area contributed by atoms with Crippen LogP contribution in [0.25, 0.3) is 0 Å². The third-order valence-electron chi connectivity index (χ3n) is 2.25. The van der Waals surface area contributed by atoms with Crippen LogP contribution in [0.5, 0.6) is 5.75 Å². The minimum atomic E-state index is -0.425. The van der Waals surface area contributed by atoms with E-state index in [0.29, 0.717) is 0 Å². The Hall–Kier alpha value is -1.02. The van der Waals surface area contributed by atoms with Crippen molar-refractivity contribution in [1.29, 1.82) is 0 Å². The molecule has 1 rings (SSSR count). The lowest BCUT2D eigenvalue weighted by molar-refractivity contribution is 0.417. The molecule has 0 aromatic heterocycles. The van der Waals surface area contributed by atoms with Crippen molar-refractivity contribution in [2.24, 2.45) is 5.73 Å². The van der Waals surface area contributed by atoms with E-state index in [0.717, 1.165) is 12.0 Å². The molecule has 2 nitrogen and oxygen atoms in total. The van der Waals surface area contributed by atoms with Gasteiger partial charge in [0, 0.05) is 11.1 Å². The van der Waals surface area contributed by atoms with Crippen molar-refractivity contribution in [3.8, 4) is 5.75 Å². The van der Waals surface area contributed by atoms with Gasteiger partial charge in [0.05, 0.1) is 0 Å². The molecule has 66 valence electrons. The van der Waals surface area contributed by atoms with Gasteiger partial charge in [-0.05, 0) is 19.4 Å². The minimum absolute atomic E-state index is 0.282. The first-order valence-corrected chi connectivity index (χ1v) is 4.15. The number of phenols is 1. The summed E-state index contributed by atoms with van der Waals surface area (Å²) in [4.78, 5) is 0. The van der Waals surface area contributed by atoms with Crippen molar-refractivity contribution in [3.05, 3.63) is 29.8 Å². The van der Waals surface area contributed by atoms with E-state index in [1.807, 2.05) is 26.0 Å². The van der Waals surface area contributed by atoms with Crippen LogP contribution < -0.4 is 5.73 Å². The molecule has 1 aromatic carbocycles. The van der Waals surface area contributed by atoms with Crippen LogP contribution >= 0.6 is 0 Å². The summed E-state index contributed by atoms with van der Waals surface area (Å²) in [6.45, 7) is 3.93. The Balaban J connectivity index is 3.10. The molecule has 2 heteroatoms. The lowest BCUT2D eigenvalue weighted by atomic mass is 9.90. The number of para-hydroxylation sites is 1. The van der Waals surface area contributed by atoms with E-state index in [1.165, 1.54) is 0 Å². The van der Waals surface area contributed by atoms with Crippen LogP contribution in [0.15, 0.2) is 24.3 Å². The van der Waals surface area contributed by atoms with E-state index in [1.54, 1.807) is 12.1 Å². The predicted octanol–water partition coefficient (Wildman–Crippen LogP) is 1.98. The summed E-state index contributed by atoms with van der Waals surface area (Å²) >= 11 is 0. The molecule has 0 aliphatic rings. The summed E-state index contributed by atoms with van der Waals surface area (Å²) in [5.41, 5.74) is 6.37. The second-order valence-corrected chi connectivity index (χ2v) is 3.29. The van der Waals surface area contributed by atoms with Gasteiger partial charge < -0.3 is 10.8 Å². The first-order valence-electron chi connectivity index (χ1n) is 4.15. The van der Waals surface area contributed by atoms with Gasteiger partial charge in [-0.1, -0.05) is 25.1 Å². The third-order valence-corrected chi connectivity index (χ3v) is 2.25. The first kappa shape index (κ1) is 9.07. The number of hydrogen-bond acceptors (Lipinski definition) is 2. The van der Waals surface area contributed by atoms with Crippen LogP contribution in [-0.4, -0.2) is 5.11 Å². The van der Waals surface area contributed by atoms with Gasteiger partial charge in [0.25, 0.3) is 0 Å². The SMILES string of the molecule is CCC(C)(N)c1ccccc1O. The topological polar surface area (TPSA) is 46.2 Å². The number of phenolic OH excluding ortho intramolecular Hbond substituents is 1. The molecule has 1 aromatic rings. The molecule has 1 unspecified atom stereocenters. The van der Waals surface area contributed by atoms with Crippen molar-refractivity contribution in [3.63, 3.8) is 0 Å². The zero-order valence-corrected chi connectivity index (χ0v) is 7.54. The van der Waals surface area contributed by atoms with Crippen LogP contribution in [0, 0.1) is 0 Å². The Morgan fingerprint density at radius 3 is 2.50 bits per heavy atom. The van der Waals surface area contributed by atoms with Gasteiger partial charge in [-0.15, -0.1) is 0 Å². The van der Waals surface area contributed by atoms with Crippen LogP contribution in [0.2, 0.25) is 0 Å². The van der Waals surface area contributed by atoms with Gasteiger partial charge in [0.1, 0.15) is 5.75 Å². The third kappa shape index (κ3) is 1.59. The molecule has 0 aliphatic heterocycles. The molecule has 0 spiro atoms. The largest absolute Gasteiger partial charge is 0.508 e. The average Bonchev–Trinajstić information content (AvgIpc) is 2.05. The molecule has 0 saturated heterocycles. The average molecular weight is 165 g/mol. The highest BCUT2D eigenvalue weighted by Crippen LogP contribution is 2.28. The van der Waals surface area contributed by atoms with Crippen molar-refractivity contribution in [1.82, 2.24) is 0 Å². The fourth-order valence-electron chi connectivity index (χ4n) is 1.15. The van der Waals surface area contributed by atoms with Crippen molar-refractivity contribution < 1.29 is 5.11 Å². The van der Waals surface area contributed by atoms with E-state index in [-0.39, 0.29) is 5.75 Å². The Morgan fingerprint density at radius 1 is 1.42 bits per heavy atom. The minimum Gasteiger partial charge on any atom is -0.508 e. The normalized spacial score (nSPS) is 15.6. The van der Waals surface area contributed by atoms with Crippen molar-refractivity contribution in [2.75, 3.05) is 0 Å². The van der Waals surface area contributed by atoms with Crippen LogP contribution in [0.3, 0.4) is 0 Å². The maximum atomic E-state index is 9.50. The van der Waals surface area contributed by atoms with Gasteiger partial charge >= 0.3 is 0 Å². The standard InChI is InChI=1S/C10H15NO/c1-3-10(2,11)8-6-4-5-7-9(8)12/h4-7,12H,3,11H2,1-2H3. The highest BCUT2D eigenvalue weighted by atomic mass is 16.3. The number of hydrogen-bond donors (Lipinski definition) is 2. The first-order chi connectivity index (χ1) is 5.58. The Labute approximate surface area is 73.0 Å². The van der Waals surface area contributed by atoms with Gasteiger partial charge in [-0.2, -0.15) is 0 Å². The van der Waals surface area contributed by atoms with Crippen LogP contribution in [0.4, 0.5) is 0 Å². The van der Waals surface area contributed by atoms with Crippen LogP contribution in [-0.2, 0) is 5.54 Å². The number of nitrogens with two attached hydrogens (primary N) is 1. The smallest absolute Gasteiger partial charge is 0.120 e. The zero-order valence-electron chi connectivity index (χ0n) is 7.54. The Morgan fingerprint density at radius 2 is 2.00 bits per heavy atom. The maximum Gasteiger partial charge on any atom is 0.120 e. The molecule has 0 fully saturated rings. The predicted molar refractivity (Wildman–Crippen MR) is 49.9 cm³/mol. The summed E-state index contributed by atoms with van der Waals surface area (Å²) in [7, 11) is 0. The lowest BCUT2D eigenvalue weighted by Crippen LogP contribution is -2.31. The second kappa shape index (κ2) is 3.15. The lowest BCUT2D eigenvalue weighted by Gasteiger charge is -2.23. The highest BCUT2D eigenvalue weighted by Gasteiger charge is 2.21. The van der Waals surface area contributed by atoms with E-state index < -0.39 is 5.54 Å². The van der Waals surface area contributed by atoms with E-state index in [9.17, 15) is 5.11 Å². The Bertz CT molecular complexity index is 268. The molecule has 0 saturated carbocycles. The van der Waals surface area contributed by atoms with Gasteiger partial charge in [0.2, 0.25) is 0 Å². The fourth-order valence-corrected chi connectivity index (χ4v) is 1.15. The molecule has 0 aliphatic carbocycles. The van der Waals surface area contributed by atoms with E-state index >= 15 is 0 Å². The van der Waals surface area contributed by atoms with E-state index in [2.05, 4.69) is 0 Å². The quantitative estimate of drug-likeness (QED) is 0.703. The number of aromatic hydroxyl groups is 1. The molecular weight excluding hydrogens is 150 g/mol. The number of rotatable bonds is 2. The van der Waals surface area contributed by atoms with Crippen molar-refractivity contribution >= 4 is 0 Å². The molecule has 0 heterocycles. The molecule has 0 bridgehead atoms. The van der Waals surface area contributed by atoms with Crippen molar-refractivity contribution in [2.45, 2.75) is 25.8 Å². The van der Waals surface area contributed by atoms with E-state index in [4.69, 9.17) is 5.73 Å². The highest BCUT2D eigenvalue weighted by molar-refractivity contribution is 5.36. The summed E-state index contributed by atoms with van der Waals surface area (Å²) in [6.07, 6.45) is 0.810. The summed E-state index contributed by atoms with van der Waals surface area (Å²) < 4.78 is 0.